The summed E-state index contributed by atoms with van der Waals surface area (Å²) in [6, 6.07) is 3.61. The Balaban J connectivity index is 2.32. The van der Waals surface area contributed by atoms with Crippen LogP contribution < -0.4 is 5.32 Å². The van der Waals surface area contributed by atoms with E-state index in [1.165, 1.54) is 0 Å². The van der Waals surface area contributed by atoms with Gasteiger partial charge in [-0.2, -0.15) is 0 Å². The van der Waals surface area contributed by atoms with E-state index in [4.69, 9.17) is 4.74 Å². The molecule has 0 spiro atoms. The summed E-state index contributed by atoms with van der Waals surface area (Å²) >= 11 is 0. The molecule has 0 saturated carbocycles. The summed E-state index contributed by atoms with van der Waals surface area (Å²) in [7, 11) is 0. The number of hydrogen-bond donors (Lipinski definition) is 1. The summed E-state index contributed by atoms with van der Waals surface area (Å²) in [4.78, 5) is 10.8. The zero-order valence-electron chi connectivity index (χ0n) is 13.6. The maximum Gasteiger partial charge on any atom is 0.274 e. The van der Waals surface area contributed by atoms with Crippen molar-refractivity contribution in [3.63, 3.8) is 0 Å². The molecule has 0 aliphatic carbocycles. The van der Waals surface area contributed by atoms with Crippen LogP contribution in [-0.4, -0.2) is 22.2 Å². The molecule has 5 nitrogen and oxygen atoms in total. The number of benzene rings is 1. The van der Waals surface area contributed by atoms with Crippen molar-refractivity contribution >= 4 is 11.4 Å². The molecule has 2 rings (SSSR count). The predicted octanol–water partition coefficient (Wildman–Crippen LogP) is 3.97. The molecule has 1 N–H and O–H groups in total. The van der Waals surface area contributed by atoms with Crippen LogP contribution in [-0.2, 0) is 4.74 Å². The van der Waals surface area contributed by atoms with Crippen molar-refractivity contribution in [3.05, 3.63) is 33.4 Å². The van der Waals surface area contributed by atoms with Crippen LogP contribution in [0.3, 0.4) is 0 Å². The first-order valence-electron chi connectivity index (χ1n) is 7.24. The maximum absolute atomic E-state index is 11.1. The Kier molecular flexibility index (Phi) is 3.74. The highest BCUT2D eigenvalue weighted by atomic mass is 16.6. The minimum absolute atomic E-state index is 0.119. The molecule has 1 saturated heterocycles. The van der Waals surface area contributed by atoms with Crippen LogP contribution in [0.1, 0.15) is 45.2 Å². The first-order valence-corrected chi connectivity index (χ1v) is 7.24. The van der Waals surface area contributed by atoms with Crippen LogP contribution in [0, 0.1) is 24.0 Å². The third-order valence-corrected chi connectivity index (χ3v) is 4.14. The van der Waals surface area contributed by atoms with Crippen molar-refractivity contribution in [2.24, 2.45) is 0 Å². The van der Waals surface area contributed by atoms with Crippen LogP contribution >= 0.6 is 0 Å². The van der Waals surface area contributed by atoms with Gasteiger partial charge in [0.15, 0.2) is 0 Å². The molecule has 1 aliphatic heterocycles. The van der Waals surface area contributed by atoms with Crippen molar-refractivity contribution < 1.29 is 9.66 Å². The molecule has 1 unspecified atom stereocenters. The number of anilines is 1. The van der Waals surface area contributed by atoms with Gasteiger partial charge < -0.3 is 10.1 Å². The number of nitrogens with one attached hydrogen (secondary N) is 1. The molecule has 1 atom stereocenters. The maximum atomic E-state index is 11.1. The summed E-state index contributed by atoms with van der Waals surface area (Å²) in [6.45, 7) is 12.0. The average molecular weight is 292 g/mol. The van der Waals surface area contributed by atoms with Gasteiger partial charge in [-0.1, -0.05) is 0 Å². The molecule has 0 amide bonds. The fraction of sp³-hybridized carbons (Fsp3) is 0.625. The zero-order chi connectivity index (χ0) is 16.0. The second-order valence-corrected chi connectivity index (χ2v) is 7.08. The number of nitrogens with zero attached hydrogens (tertiary/aromatic N) is 1. The van der Waals surface area contributed by atoms with Crippen molar-refractivity contribution in [3.8, 4) is 0 Å². The Morgan fingerprint density at radius 1 is 1.24 bits per heavy atom. The van der Waals surface area contributed by atoms with Gasteiger partial charge in [-0.15, -0.1) is 0 Å². The second kappa shape index (κ2) is 4.98. The number of aryl methyl sites for hydroxylation is 2. The lowest BCUT2D eigenvalue weighted by Gasteiger charge is -2.28. The first kappa shape index (κ1) is 15.8. The van der Waals surface area contributed by atoms with Gasteiger partial charge in [-0.05, 0) is 59.6 Å². The fourth-order valence-electron chi connectivity index (χ4n) is 3.17. The van der Waals surface area contributed by atoms with E-state index in [1.807, 2.05) is 13.0 Å². The third kappa shape index (κ3) is 3.18. The van der Waals surface area contributed by atoms with E-state index in [0.717, 1.165) is 17.7 Å². The lowest BCUT2D eigenvalue weighted by Crippen LogP contribution is -2.38. The lowest BCUT2D eigenvalue weighted by molar-refractivity contribution is -0.385. The molecular formula is C16H24N2O3. The standard InChI is InChI=1S/C16H24N2O3/c1-10-7-11(2)13(18(19)20)8-12(10)17-14-9-15(3,4)21-16(14,5)6/h7-8,14,17H,9H2,1-6H3. The average Bonchev–Trinajstić information content (AvgIpc) is 2.49. The van der Waals surface area contributed by atoms with Gasteiger partial charge in [0.05, 0.1) is 22.2 Å². The monoisotopic (exact) mass is 292 g/mol. The topological polar surface area (TPSA) is 64.4 Å². The van der Waals surface area contributed by atoms with Crippen molar-refractivity contribution in [1.29, 1.82) is 0 Å². The molecule has 1 aliphatic rings. The summed E-state index contributed by atoms with van der Waals surface area (Å²) in [5.41, 5.74) is 2.16. The Morgan fingerprint density at radius 3 is 2.33 bits per heavy atom. The zero-order valence-corrected chi connectivity index (χ0v) is 13.6. The molecule has 0 aromatic heterocycles. The van der Waals surface area contributed by atoms with Gasteiger partial charge in [0.1, 0.15) is 0 Å². The van der Waals surface area contributed by atoms with Crippen molar-refractivity contribution in [2.75, 3.05) is 5.32 Å². The minimum atomic E-state index is -0.333. The van der Waals surface area contributed by atoms with Gasteiger partial charge >= 0.3 is 0 Å². The molecule has 1 fully saturated rings. The predicted molar refractivity (Wildman–Crippen MR) is 83.8 cm³/mol. The summed E-state index contributed by atoms with van der Waals surface area (Å²) in [6.07, 6.45) is 0.862. The first-order chi connectivity index (χ1) is 9.52. The quantitative estimate of drug-likeness (QED) is 0.676. The summed E-state index contributed by atoms with van der Waals surface area (Å²) < 4.78 is 6.07. The molecule has 0 bridgehead atoms. The van der Waals surface area contributed by atoms with Crippen LogP contribution in [0.25, 0.3) is 0 Å². The second-order valence-electron chi connectivity index (χ2n) is 7.08. The van der Waals surface area contributed by atoms with E-state index in [1.54, 1.807) is 13.0 Å². The smallest absolute Gasteiger partial charge is 0.274 e. The highest BCUT2D eigenvalue weighted by Gasteiger charge is 2.46. The summed E-state index contributed by atoms with van der Waals surface area (Å²) in [5, 5.41) is 14.6. The normalized spacial score (nSPS) is 23.0. The largest absolute Gasteiger partial charge is 0.379 e. The molecule has 116 valence electrons. The molecule has 5 heteroatoms. The van der Waals surface area contributed by atoms with E-state index in [9.17, 15) is 10.1 Å². The number of nitro benzene ring substituents is 1. The van der Waals surface area contributed by atoms with E-state index in [2.05, 4.69) is 33.0 Å². The molecule has 1 aromatic rings. The van der Waals surface area contributed by atoms with Crippen LogP contribution in [0.2, 0.25) is 0 Å². The van der Waals surface area contributed by atoms with E-state index in [0.29, 0.717) is 5.56 Å². The van der Waals surface area contributed by atoms with E-state index < -0.39 is 0 Å². The molecule has 1 heterocycles. The van der Waals surface area contributed by atoms with Gasteiger partial charge in [0.25, 0.3) is 5.69 Å². The fourth-order valence-corrected chi connectivity index (χ4v) is 3.17. The van der Waals surface area contributed by atoms with Crippen molar-refractivity contribution in [2.45, 2.75) is 65.2 Å². The van der Waals surface area contributed by atoms with Gasteiger partial charge in [-0.3, -0.25) is 10.1 Å². The van der Waals surface area contributed by atoms with Crippen molar-refractivity contribution in [1.82, 2.24) is 0 Å². The highest BCUT2D eigenvalue weighted by molar-refractivity contribution is 5.60. The molecule has 0 radical (unpaired) electrons. The molecule has 1 aromatic carbocycles. The number of rotatable bonds is 3. The number of ether oxygens (including phenoxy) is 1. The Morgan fingerprint density at radius 2 is 1.86 bits per heavy atom. The summed E-state index contributed by atoms with van der Waals surface area (Å²) in [5.74, 6) is 0. The highest BCUT2D eigenvalue weighted by Crippen LogP contribution is 2.39. The SMILES string of the molecule is Cc1cc(C)c([N+](=O)[O-])cc1NC1CC(C)(C)OC1(C)C. The number of nitro groups is 1. The lowest BCUT2D eigenvalue weighted by atomic mass is 9.93. The number of hydrogen-bond acceptors (Lipinski definition) is 4. The molecule has 21 heavy (non-hydrogen) atoms. The Hall–Kier alpha value is -1.62. The molecular weight excluding hydrogens is 268 g/mol. The minimum Gasteiger partial charge on any atom is -0.379 e. The van der Waals surface area contributed by atoms with Crippen LogP contribution in [0.4, 0.5) is 11.4 Å². The van der Waals surface area contributed by atoms with E-state index >= 15 is 0 Å². The van der Waals surface area contributed by atoms with Gasteiger partial charge in [-0.25, -0.2) is 0 Å². The Bertz CT molecular complexity index is 579. The Labute approximate surface area is 125 Å². The third-order valence-electron chi connectivity index (χ3n) is 4.14. The van der Waals surface area contributed by atoms with Crippen LogP contribution in [0.5, 0.6) is 0 Å². The van der Waals surface area contributed by atoms with Gasteiger partial charge in [0, 0.05) is 17.3 Å². The van der Waals surface area contributed by atoms with Crippen LogP contribution in [0.15, 0.2) is 12.1 Å². The van der Waals surface area contributed by atoms with E-state index in [-0.39, 0.29) is 27.9 Å². The van der Waals surface area contributed by atoms with Gasteiger partial charge in [0.2, 0.25) is 0 Å².